The average Bonchev–Trinajstić information content (AvgIpc) is 3.39. The van der Waals surface area contributed by atoms with Crippen molar-refractivity contribution in [2.45, 2.75) is 66.2 Å². The summed E-state index contributed by atoms with van der Waals surface area (Å²) in [6, 6.07) is 8.25. The molecule has 180 valence electrons. The molecule has 0 saturated carbocycles. The van der Waals surface area contributed by atoms with Gasteiger partial charge >= 0.3 is 0 Å². The summed E-state index contributed by atoms with van der Waals surface area (Å²) in [7, 11) is 0. The van der Waals surface area contributed by atoms with Gasteiger partial charge in [0.15, 0.2) is 0 Å². The number of ether oxygens (including phenoxy) is 1. The molecule has 3 rings (SSSR count). The fraction of sp³-hybridized carbons (Fsp3) is 0.538. The zero-order valence-corrected chi connectivity index (χ0v) is 20.9. The lowest BCUT2D eigenvalue weighted by molar-refractivity contribution is -0.143. The van der Waals surface area contributed by atoms with E-state index in [0.29, 0.717) is 32.7 Å². The van der Waals surface area contributed by atoms with E-state index >= 15 is 0 Å². The number of amides is 2. The molecule has 0 spiro atoms. The van der Waals surface area contributed by atoms with Crippen LogP contribution < -0.4 is 0 Å². The van der Waals surface area contributed by atoms with E-state index in [0.717, 1.165) is 28.8 Å². The molecule has 0 bridgehead atoms. The first-order valence-electron chi connectivity index (χ1n) is 11.6. The fourth-order valence-electron chi connectivity index (χ4n) is 3.90. The van der Waals surface area contributed by atoms with Crippen LogP contribution >= 0.6 is 11.3 Å². The highest BCUT2D eigenvalue weighted by atomic mass is 32.1. The summed E-state index contributed by atoms with van der Waals surface area (Å²) in [5.41, 5.74) is 1.82. The van der Waals surface area contributed by atoms with E-state index < -0.39 is 0 Å². The first-order chi connectivity index (χ1) is 15.6. The van der Waals surface area contributed by atoms with Crippen molar-refractivity contribution in [3.63, 3.8) is 0 Å². The Morgan fingerprint density at radius 2 is 1.82 bits per heavy atom. The predicted molar refractivity (Wildman–Crippen MR) is 129 cm³/mol. The molecule has 1 fully saturated rings. The topological polar surface area (TPSA) is 49.9 Å². The zero-order valence-electron chi connectivity index (χ0n) is 20.1. The minimum absolute atomic E-state index is 0.0143. The summed E-state index contributed by atoms with van der Waals surface area (Å²) >= 11 is 1.61. The molecular weight excluding hydrogens is 439 g/mol. The molecule has 1 aliphatic rings. The van der Waals surface area contributed by atoms with Gasteiger partial charge in [-0.1, -0.05) is 32.9 Å². The monoisotopic (exact) mass is 474 g/mol. The number of hydrogen-bond donors (Lipinski definition) is 0. The molecule has 5 nitrogen and oxygen atoms in total. The van der Waals surface area contributed by atoms with Crippen LogP contribution in [0.25, 0.3) is 0 Å². The van der Waals surface area contributed by atoms with Gasteiger partial charge in [0, 0.05) is 31.0 Å². The van der Waals surface area contributed by atoms with E-state index in [1.807, 2.05) is 39.1 Å². The van der Waals surface area contributed by atoms with Gasteiger partial charge < -0.3 is 14.5 Å². The molecule has 1 unspecified atom stereocenters. The number of benzene rings is 1. The Balaban J connectivity index is 1.78. The van der Waals surface area contributed by atoms with Crippen molar-refractivity contribution in [1.82, 2.24) is 9.80 Å². The van der Waals surface area contributed by atoms with E-state index in [9.17, 15) is 14.0 Å². The molecule has 2 amide bonds. The molecule has 0 N–H and O–H groups in total. The molecule has 7 heteroatoms. The van der Waals surface area contributed by atoms with E-state index in [1.165, 1.54) is 12.1 Å². The van der Waals surface area contributed by atoms with Crippen LogP contribution in [0.1, 0.15) is 56.0 Å². The van der Waals surface area contributed by atoms with Crippen molar-refractivity contribution in [1.29, 1.82) is 0 Å². The lowest BCUT2D eigenvalue weighted by Crippen LogP contribution is -2.46. The van der Waals surface area contributed by atoms with Crippen LogP contribution in [0.5, 0.6) is 0 Å². The Hall–Kier alpha value is -2.25. The van der Waals surface area contributed by atoms with Gasteiger partial charge in [-0.3, -0.25) is 9.59 Å². The summed E-state index contributed by atoms with van der Waals surface area (Å²) in [5.74, 6) is -0.450. The third-order valence-corrected chi connectivity index (χ3v) is 6.76. The second-order valence-corrected chi connectivity index (χ2v) is 11.1. The number of thiophene rings is 1. The van der Waals surface area contributed by atoms with Gasteiger partial charge in [0.1, 0.15) is 5.82 Å². The maximum Gasteiger partial charge on any atom is 0.242 e. The normalized spacial score (nSPS) is 16.1. The van der Waals surface area contributed by atoms with E-state index in [4.69, 9.17) is 4.74 Å². The Morgan fingerprint density at radius 3 is 2.39 bits per heavy atom. The van der Waals surface area contributed by atoms with Gasteiger partial charge in [0.05, 0.1) is 19.2 Å². The Bertz CT molecular complexity index is 930. The molecule has 1 atom stereocenters. The summed E-state index contributed by atoms with van der Waals surface area (Å²) in [4.78, 5) is 31.2. The number of halogens is 1. The SMILES string of the molecule is Cc1ccsc1CN(Cc1ccc(F)cc1)C(=O)CN(CC1CCCO1)C(=O)CC(C)(C)C. The second kappa shape index (κ2) is 11.3. The lowest BCUT2D eigenvalue weighted by Gasteiger charge is -2.31. The van der Waals surface area contributed by atoms with Crippen LogP contribution in [0.4, 0.5) is 4.39 Å². The number of nitrogens with zero attached hydrogens (tertiary/aromatic N) is 2. The smallest absolute Gasteiger partial charge is 0.242 e. The number of rotatable bonds is 9. The molecule has 1 aromatic heterocycles. The van der Waals surface area contributed by atoms with Crippen LogP contribution in [0.2, 0.25) is 0 Å². The molecule has 33 heavy (non-hydrogen) atoms. The van der Waals surface area contributed by atoms with Crippen LogP contribution in [0.3, 0.4) is 0 Å². The van der Waals surface area contributed by atoms with Crippen molar-refractivity contribution < 1.29 is 18.7 Å². The zero-order chi connectivity index (χ0) is 24.0. The first-order valence-corrected chi connectivity index (χ1v) is 12.4. The van der Waals surface area contributed by atoms with Gasteiger partial charge in [-0.05, 0) is 59.9 Å². The number of aryl methyl sites for hydroxylation is 1. The van der Waals surface area contributed by atoms with Gasteiger partial charge in [-0.2, -0.15) is 0 Å². The van der Waals surface area contributed by atoms with Crippen molar-refractivity contribution in [2.75, 3.05) is 19.7 Å². The van der Waals surface area contributed by atoms with Gasteiger partial charge in [0.2, 0.25) is 11.8 Å². The highest BCUT2D eigenvalue weighted by Crippen LogP contribution is 2.23. The molecule has 0 radical (unpaired) electrons. The second-order valence-electron chi connectivity index (χ2n) is 10.0. The Labute approximate surface area is 200 Å². The largest absolute Gasteiger partial charge is 0.376 e. The van der Waals surface area contributed by atoms with E-state index in [1.54, 1.807) is 33.3 Å². The number of carbonyl (C=O) groups excluding carboxylic acids is 2. The summed E-state index contributed by atoms with van der Waals surface area (Å²) in [6.45, 7) is 10.1. The van der Waals surface area contributed by atoms with E-state index in [2.05, 4.69) is 0 Å². The number of carbonyl (C=O) groups is 2. The average molecular weight is 475 g/mol. The van der Waals surface area contributed by atoms with Crippen molar-refractivity contribution >= 4 is 23.2 Å². The summed E-state index contributed by atoms with van der Waals surface area (Å²) in [6.07, 6.45) is 2.23. The van der Waals surface area contributed by atoms with Crippen LogP contribution in [0.15, 0.2) is 35.7 Å². The minimum atomic E-state index is -0.304. The molecule has 2 heterocycles. The third-order valence-electron chi connectivity index (χ3n) is 5.75. The Kier molecular flexibility index (Phi) is 8.65. The highest BCUT2D eigenvalue weighted by Gasteiger charge is 2.29. The molecule has 1 aliphatic heterocycles. The van der Waals surface area contributed by atoms with Gasteiger partial charge in [0.25, 0.3) is 0 Å². The highest BCUT2D eigenvalue weighted by molar-refractivity contribution is 7.10. The van der Waals surface area contributed by atoms with Crippen molar-refractivity contribution in [3.8, 4) is 0 Å². The third kappa shape index (κ3) is 7.93. The van der Waals surface area contributed by atoms with Gasteiger partial charge in [-0.15, -0.1) is 11.3 Å². The van der Waals surface area contributed by atoms with Crippen molar-refractivity contribution in [3.05, 3.63) is 57.5 Å². The predicted octanol–water partition coefficient (Wildman–Crippen LogP) is 5.17. The lowest BCUT2D eigenvalue weighted by atomic mass is 9.91. The van der Waals surface area contributed by atoms with Crippen LogP contribution in [-0.2, 0) is 27.4 Å². The molecular formula is C26H35FN2O3S. The maximum absolute atomic E-state index is 13.5. The first kappa shape index (κ1) is 25.4. The van der Waals surface area contributed by atoms with E-state index in [-0.39, 0.29) is 35.7 Å². The standard InChI is InChI=1S/C26H35FN2O3S/c1-19-11-13-33-23(19)17-28(15-20-7-9-21(27)10-8-20)25(31)18-29(16-22-6-5-12-32-22)24(30)14-26(2,3)4/h7-11,13,22H,5-6,12,14-18H2,1-4H3. The molecule has 2 aromatic rings. The quantitative estimate of drug-likeness (QED) is 0.504. The van der Waals surface area contributed by atoms with Gasteiger partial charge in [-0.25, -0.2) is 4.39 Å². The Morgan fingerprint density at radius 1 is 1.09 bits per heavy atom. The maximum atomic E-state index is 13.5. The summed E-state index contributed by atoms with van der Waals surface area (Å²) in [5, 5.41) is 2.02. The number of hydrogen-bond acceptors (Lipinski definition) is 4. The minimum Gasteiger partial charge on any atom is -0.376 e. The summed E-state index contributed by atoms with van der Waals surface area (Å²) < 4.78 is 19.2. The molecule has 1 aromatic carbocycles. The molecule has 0 aliphatic carbocycles. The molecule has 1 saturated heterocycles. The van der Waals surface area contributed by atoms with Crippen molar-refractivity contribution in [2.24, 2.45) is 5.41 Å². The van der Waals surface area contributed by atoms with Crippen LogP contribution in [-0.4, -0.2) is 47.4 Å². The fourth-order valence-corrected chi connectivity index (χ4v) is 4.82. The van der Waals surface area contributed by atoms with Crippen LogP contribution in [0, 0.1) is 18.2 Å².